The number of rotatable bonds is 3. The number of nitrogens with zero attached hydrogens (tertiary/aromatic N) is 2. The number of aromatic nitrogens is 3. The van der Waals surface area contributed by atoms with Gasteiger partial charge in [0.2, 0.25) is 17.7 Å². The first-order chi connectivity index (χ1) is 9.53. The zero-order chi connectivity index (χ0) is 16.0. The molecule has 1 aliphatic rings. The van der Waals surface area contributed by atoms with E-state index in [2.05, 4.69) is 15.4 Å². The van der Waals surface area contributed by atoms with Crippen molar-refractivity contribution in [2.24, 2.45) is 17.3 Å². The molecule has 1 saturated carbocycles. The molecule has 2 N–H and O–H groups in total. The third-order valence-corrected chi connectivity index (χ3v) is 3.69. The highest BCUT2D eigenvalue weighted by atomic mass is 19.4. The fraction of sp³-hybridized carbons (Fsp3) is 0.615. The minimum atomic E-state index is -4.61. The lowest BCUT2D eigenvalue weighted by atomic mass is 10.1. The molecule has 0 aliphatic heterocycles. The largest absolute Gasteiger partial charge is 0.451 e. The predicted molar refractivity (Wildman–Crippen MR) is 70.2 cm³/mol. The number of hydrogen-bond acceptors (Lipinski definition) is 3. The zero-order valence-electron chi connectivity index (χ0n) is 12.2. The predicted octanol–water partition coefficient (Wildman–Crippen LogP) is 3.00. The number of anilines is 1. The first kappa shape index (κ1) is 15.5. The molecule has 1 aromatic heterocycles. The van der Waals surface area contributed by atoms with Gasteiger partial charge in [-0.2, -0.15) is 18.2 Å². The van der Waals surface area contributed by atoms with Gasteiger partial charge in [0.15, 0.2) is 0 Å². The Morgan fingerprint density at radius 1 is 1.38 bits per heavy atom. The van der Waals surface area contributed by atoms with Gasteiger partial charge >= 0.3 is 6.18 Å². The van der Waals surface area contributed by atoms with E-state index in [0.29, 0.717) is 0 Å². The molecular weight excluding hydrogens is 285 g/mol. The van der Waals surface area contributed by atoms with E-state index in [9.17, 15) is 18.0 Å². The number of nitrogens with one attached hydrogen (secondary N) is 2. The molecular formula is C13H17F3N4O. The monoisotopic (exact) mass is 302 g/mol. The Kier molecular flexibility index (Phi) is 3.59. The summed E-state index contributed by atoms with van der Waals surface area (Å²) in [5.74, 6) is -2.17. The second kappa shape index (κ2) is 4.85. The summed E-state index contributed by atoms with van der Waals surface area (Å²) in [6, 6.07) is 0. The molecule has 2 atom stereocenters. The van der Waals surface area contributed by atoms with Gasteiger partial charge in [0.25, 0.3) is 0 Å². The second-order valence-electron chi connectivity index (χ2n) is 6.06. The van der Waals surface area contributed by atoms with Crippen molar-refractivity contribution in [3.8, 4) is 0 Å². The van der Waals surface area contributed by atoms with Gasteiger partial charge in [0, 0.05) is 0 Å². The number of halogens is 3. The normalized spacial score (nSPS) is 23.6. The third-order valence-electron chi connectivity index (χ3n) is 3.69. The Morgan fingerprint density at radius 2 is 2.00 bits per heavy atom. The fourth-order valence-electron chi connectivity index (χ4n) is 2.48. The van der Waals surface area contributed by atoms with Crippen LogP contribution in [0.2, 0.25) is 0 Å². The van der Waals surface area contributed by atoms with E-state index >= 15 is 0 Å². The summed E-state index contributed by atoms with van der Waals surface area (Å²) in [4.78, 5) is 15.4. The van der Waals surface area contributed by atoms with Gasteiger partial charge in [0.05, 0.1) is 5.92 Å². The summed E-state index contributed by atoms with van der Waals surface area (Å²) in [6.07, 6.45) is -2.61. The van der Waals surface area contributed by atoms with Crippen LogP contribution < -0.4 is 5.32 Å². The number of allylic oxidation sites excluding steroid dienone is 2. The van der Waals surface area contributed by atoms with Crippen LogP contribution in [0.1, 0.15) is 33.5 Å². The van der Waals surface area contributed by atoms with Crippen LogP contribution in [0.4, 0.5) is 19.1 Å². The van der Waals surface area contributed by atoms with Crippen LogP contribution in [0, 0.1) is 17.3 Å². The highest BCUT2D eigenvalue weighted by Crippen LogP contribution is 2.59. The van der Waals surface area contributed by atoms with Crippen LogP contribution in [0.15, 0.2) is 11.6 Å². The second-order valence-corrected chi connectivity index (χ2v) is 6.06. The molecule has 1 aliphatic carbocycles. The average Bonchev–Trinajstić information content (AvgIpc) is 2.70. The minimum absolute atomic E-state index is 0.0727. The number of alkyl halides is 3. The Morgan fingerprint density at radius 3 is 2.48 bits per heavy atom. The Labute approximate surface area is 120 Å². The van der Waals surface area contributed by atoms with Crippen LogP contribution in [0.5, 0.6) is 0 Å². The molecule has 0 saturated heterocycles. The topological polar surface area (TPSA) is 70.7 Å². The molecule has 116 valence electrons. The molecule has 21 heavy (non-hydrogen) atoms. The third kappa shape index (κ3) is 3.08. The molecule has 0 radical (unpaired) electrons. The number of amides is 1. The highest BCUT2D eigenvalue weighted by Gasteiger charge is 2.60. The highest BCUT2D eigenvalue weighted by molar-refractivity contribution is 5.94. The van der Waals surface area contributed by atoms with E-state index in [1.54, 1.807) is 5.10 Å². The maximum atomic E-state index is 12.4. The van der Waals surface area contributed by atoms with Gasteiger partial charge in [-0.3, -0.25) is 15.2 Å². The van der Waals surface area contributed by atoms with Crippen molar-refractivity contribution >= 4 is 11.9 Å². The van der Waals surface area contributed by atoms with Crippen molar-refractivity contribution in [3.05, 3.63) is 17.5 Å². The van der Waals surface area contributed by atoms with Gasteiger partial charge < -0.3 is 0 Å². The van der Waals surface area contributed by atoms with E-state index < -0.39 is 12.0 Å². The SMILES string of the molecule is CC(C)=CC1C(C(=O)Nc2n[nH]c(C(F)(F)F)n2)C1(C)C. The van der Waals surface area contributed by atoms with E-state index in [-0.39, 0.29) is 29.1 Å². The van der Waals surface area contributed by atoms with Crippen molar-refractivity contribution < 1.29 is 18.0 Å². The molecule has 5 nitrogen and oxygen atoms in total. The Hall–Kier alpha value is -1.86. The lowest BCUT2D eigenvalue weighted by Crippen LogP contribution is -2.18. The molecule has 2 rings (SSSR count). The summed E-state index contributed by atoms with van der Waals surface area (Å²) < 4.78 is 37.2. The zero-order valence-corrected chi connectivity index (χ0v) is 12.2. The lowest BCUT2D eigenvalue weighted by Gasteiger charge is -2.02. The van der Waals surface area contributed by atoms with Crippen LogP contribution in [-0.2, 0) is 11.0 Å². The van der Waals surface area contributed by atoms with Gasteiger partial charge in [-0.15, -0.1) is 5.10 Å². The van der Waals surface area contributed by atoms with Crippen molar-refractivity contribution in [2.45, 2.75) is 33.9 Å². The molecule has 1 fully saturated rings. The van der Waals surface area contributed by atoms with Crippen molar-refractivity contribution in [1.82, 2.24) is 15.2 Å². The number of hydrogen-bond donors (Lipinski definition) is 2. The Bertz CT molecular complexity index is 584. The standard InChI is InChI=1S/C13H17F3N4O/c1-6(2)5-7-8(12(7,3)4)9(21)17-11-18-10(19-20-11)13(14,15)16/h5,7-8H,1-4H3,(H2,17,18,19,20,21). The quantitative estimate of drug-likeness (QED) is 0.843. The van der Waals surface area contributed by atoms with Crippen molar-refractivity contribution in [2.75, 3.05) is 5.32 Å². The smallest absolute Gasteiger partial charge is 0.293 e. The van der Waals surface area contributed by atoms with Gasteiger partial charge in [-0.1, -0.05) is 25.5 Å². The summed E-state index contributed by atoms with van der Waals surface area (Å²) in [5.41, 5.74) is 0.880. The molecule has 1 amide bonds. The number of H-pyrrole nitrogens is 1. The van der Waals surface area contributed by atoms with Crippen LogP contribution in [0.25, 0.3) is 0 Å². The van der Waals surface area contributed by atoms with E-state index in [1.165, 1.54) is 0 Å². The molecule has 0 bridgehead atoms. The van der Waals surface area contributed by atoms with Gasteiger partial charge in [-0.05, 0) is 25.2 Å². The molecule has 1 aromatic rings. The number of carbonyl (C=O) groups is 1. The summed E-state index contributed by atoms with van der Waals surface area (Å²) in [6.45, 7) is 7.77. The van der Waals surface area contributed by atoms with Crippen LogP contribution in [0.3, 0.4) is 0 Å². The number of aromatic amines is 1. The average molecular weight is 302 g/mol. The molecule has 0 spiro atoms. The maximum Gasteiger partial charge on any atom is 0.451 e. The van der Waals surface area contributed by atoms with E-state index in [4.69, 9.17) is 0 Å². The van der Waals surface area contributed by atoms with Crippen LogP contribution >= 0.6 is 0 Å². The number of carbonyl (C=O) groups excluding carboxylic acids is 1. The first-order valence-electron chi connectivity index (χ1n) is 6.49. The molecule has 1 heterocycles. The molecule has 2 unspecified atom stereocenters. The molecule has 8 heteroatoms. The van der Waals surface area contributed by atoms with Gasteiger partial charge in [0.1, 0.15) is 0 Å². The van der Waals surface area contributed by atoms with Crippen molar-refractivity contribution in [3.63, 3.8) is 0 Å². The fourth-order valence-corrected chi connectivity index (χ4v) is 2.48. The molecule has 0 aromatic carbocycles. The lowest BCUT2D eigenvalue weighted by molar-refractivity contribution is -0.144. The summed E-state index contributed by atoms with van der Waals surface area (Å²) in [5, 5.41) is 7.46. The van der Waals surface area contributed by atoms with E-state index in [1.807, 2.05) is 33.8 Å². The Balaban J connectivity index is 2.06. The maximum absolute atomic E-state index is 12.4. The first-order valence-corrected chi connectivity index (χ1v) is 6.49. The van der Waals surface area contributed by atoms with E-state index in [0.717, 1.165) is 5.57 Å². The summed E-state index contributed by atoms with van der Waals surface area (Å²) >= 11 is 0. The van der Waals surface area contributed by atoms with Gasteiger partial charge in [-0.25, -0.2) is 0 Å². The van der Waals surface area contributed by atoms with Crippen LogP contribution in [-0.4, -0.2) is 21.1 Å². The minimum Gasteiger partial charge on any atom is -0.293 e. The summed E-state index contributed by atoms with van der Waals surface area (Å²) in [7, 11) is 0. The van der Waals surface area contributed by atoms with Crippen molar-refractivity contribution in [1.29, 1.82) is 0 Å².